The van der Waals surface area contributed by atoms with Crippen molar-refractivity contribution in [1.29, 1.82) is 0 Å². The van der Waals surface area contributed by atoms with Gasteiger partial charge in [0.05, 0.1) is 11.1 Å². The quantitative estimate of drug-likeness (QED) is 0.487. The Morgan fingerprint density at radius 1 is 0.645 bits per heavy atom. The molecule has 164 valence electrons. The number of esters is 2. The Hall–Kier alpha value is -2.62. The van der Waals surface area contributed by atoms with E-state index in [1.807, 2.05) is 36.4 Å². The number of benzene rings is 2. The van der Waals surface area contributed by atoms with Gasteiger partial charge in [-0.05, 0) is 61.8 Å². The number of carbonyl (C=O) groups excluding carboxylic acids is 2. The summed E-state index contributed by atoms with van der Waals surface area (Å²) in [6, 6.07) is 18.3. The first-order valence-corrected chi connectivity index (χ1v) is 11.6. The van der Waals surface area contributed by atoms with Gasteiger partial charge in [0, 0.05) is 5.41 Å². The molecule has 4 rings (SSSR count). The first-order valence-electron chi connectivity index (χ1n) is 11.6. The minimum Gasteiger partial charge on any atom is -0.461 e. The van der Waals surface area contributed by atoms with Crippen molar-refractivity contribution in [3.8, 4) is 0 Å². The van der Waals surface area contributed by atoms with E-state index in [4.69, 9.17) is 9.47 Å². The van der Waals surface area contributed by atoms with E-state index in [1.165, 1.54) is 25.7 Å². The number of ether oxygens (including phenoxy) is 2. The Morgan fingerprint density at radius 2 is 1.00 bits per heavy atom. The van der Waals surface area contributed by atoms with Gasteiger partial charge < -0.3 is 9.47 Å². The van der Waals surface area contributed by atoms with Crippen LogP contribution in [0, 0.1) is 17.3 Å². The van der Waals surface area contributed by atoms with Crippen LogP contribution in [0.2, 0.25) is 0 Å². The molecule has 31 heavy (non-hydrogen) atoms. The van der Waals surface area contributed by atoms with Crippen molar-refractivity contribution in [3.05, 3.63) is 71.8 Å². The summed E-state index contributed by atoms with van der Waals surface area (Å²) in [4.78, 5) is 25.5. The monoisotopic (exact) mass is 420 g/mol. The van der Waals surface area contributed by atoms with Gasteiger partial charge in [0.25, 0.3) is 0 Å². The van der Waals surface area contributed by atoms with Gasteiger partial charge in [0.2, 0.25) is 0 Å². The summed E-state index contributed by atoms with van der Waals surface area (Å²) in [5.41, 5.74) is 0.827. The Morgan fingerprint density at radius 3 is 1.35 bits per heavy atom. The normalized spacial score (nSPS) is 17.5. The minimum absolute atomic E-state index is 0.296. The molecule has 0 radical (unpaired) electrons. The highest BCUT2D eigenvalue weighted by Crippen LogP contribution is 2.51. The lowest BCUT2D eigenvalue weighted by molar-refractivity contribution is -0.0610. The summed E-state index contributed by atoms with van der Waals surface area (Å²) in [5.74, 6) is 0.246. The molecule has 2 aliphatic rings. The van der Waals surface area contributed by atoms with Crippen LogP contribution in [-0.4, -0.2) is 25.2 Å². The molecule has 0 amide bonds. The number of carbonyl (C=O) groups is 2. The molecule has 2 aliphatic carbocycles. The van der Waals surface area contributed by atoms with E-state index in [2.05, 4.69) is 0 Å². The van der Waals surface area contributed by atoms with Crippen molar-refractivity contribution < 1.29 is 19.1 Å². The number of hydrogen-bond donors (Lipinski definition) is 0. The van der Waals surface area contributed by atoms with Gasteiger partial charge in [-0.2, -0.15) is 0 Å². The van der Waals surface area contributed by atoms with Crippen molar-refractivity contribution in [2.75, 3.05) is 13.2 Å². The second-order valence-electron chi connectivity index (χ2n) is 9.08. The average molecular weight is 421 g/mol. The minimum atomic E-state index is -0.304. The highest BCUT2D eigenvalue weighted by atomic mass is 16.5. The zero-order chi connectivity index (χ0) is 21.5. The van der Waals surface area contributed by atoms with Gasteiger partial charge in [-0.3, -0.25) is 0 Å². The lowest BCUT2D eigenvalue weighted by Crippen LogP contribution is -2.45. The van der Waals surface area contributed by atoms with Crippen molar-refractivity contribution >= 4 is 11.9 Å². The van der Waals surface area contributed by atoms with Gasteiger partial charge in [-0.15, -0.1) is 0 Å². The van der Waals surface area contributed by atoms with E-state index in [0.717, 1.165) is 25.7 Å². The van der Waals surface area contributed by atoms with Crippen LogP contribution in [0.3, 0.4) is 0 Å². The molecule has 0 spiro atoms. The molecule has 2 aromatic carbocycles. The van der Waals surface area contributed by atoms with Crippen molar-refractivity contribution in [2.45, 2.75) is 51.4 Å². The van der Waals surface area contributed by atoms with Crippen LogP contribution in [0.5, 0.6) is 0 Å². The predicted molar refractivity (Wildman–Crippen MR) is 120 cm³/mol. The Bertz CT molecular complexity index is 776. The molecule has 0 N–H and O–H groups in total. The van der Waals surface area contributed by atoms with Crippen molar-refractivity contribution in [1.82, 2.24) is 0 Å². The lowest BCUT2D eigenvalue weighted by Gasteiger charge is -2.43. The first-order chi connectivity index (χ1) is 15.2. The third-order valence-corrected chi connectivity index (χ3v) is 7.30. The summed E-state index contributed by atoms with van der Waals surface area (Å²) < 4.78 is 11.9. The van der Waals surface area contributed by atoms with E-state index in [-0.39, 0.29) is 17.4 Å². The number of hydrogen-bond acceptors (Lipinski definition) is 4. The second kappa shape index (κ2) is 10.1. The number of rotatable bonds is 8. The van der Waals surface area contributed by atoms with E-state index in [1.54, 1.807) is 24.3 Å². The van der Waals surface area contributed by atoms with Gasteiger partial charge in [0.1, 0.15) is 13.2 Å². The van der Waals surface area contributed by atoms with E-state index < -0.39 is 0 Å². The fourth-order valence-electron chi connectivity index (χ4n) is 5.56. The topological polar surface area (TPSA) is 52.6 Å². The van der Waals surface area contributed by atoms with Gasteiger partial charge in [-0.1, -0.05) is 62.1 Å². The maximum absolute atomic E-state index is 12.8. The van der Waals surface area contributed by atoms with Gasteiger partial charge in [-0.25, -0.2) is 9.59 Å². The zero-order valence-electron chi connectivity index (χ0n) is 18.1. The summed E-state index contributed by atoms with van der Waals surface area (Å²) in [7, 11) is 0. The summed E-state index contributed by atoms with van der Waals surface area (Å²) in [5, 5.41) is 0. The van der Waals surface area contributed by atoms with E-state index in [9.17, 15) is 9.59 Å². The van der Waals surface area contributed by atoms with Gasteiger partial charge in [0.15, 0.2) is 0 Å². The Balaban J connectivity index is 1.55. The molecule has 0 aromatic heterocycles. The molecule has 0 saturated heterocycles. The zero-order valence-corrected chi connectivity index (χ0v) is 18.1. The molecule has 0 heterocycles. The molecule has 4 nitrogen and oxygen atoms in total. The molecular formula is C27H32O4. The van der Waals surface area contributed by atoms with Crippen LogP contribution < -0.4 is 0 Å². The van der Waals surface area contributed by atoms with Crippen LogP contribution in [-0.2, 0) is 9.47 Å². The maximum atomic E-state index is 12.8. The van der Waals surface area contributed by atoms with Crippen LogP contribution in [0.1, 0.15) is 72.1 Å². The molecule has 0 unspecified atom stereocenters. The highest BCUT2D eigenvalue weighted by molar-refractivity contribution is 5.89. The lowest BCUT2D eigenvalue weighted by atomic mass is 9.65. The molecule has 2 fully saturated rings. The fraction of sp³-hybridized carbons (Fsp3) is 0.481. The van der Waals surface area contributed by atoms with Crippen molar-refractivity contribution in [2.24, 2.45) is 17.3 Å². The molecule has 4 heteroatoms. The molecule has 2 saturated carbocycles. The maximum Gasteiger partial charge on any atom is 0.338 e. The standard InChI is InChI=1S/C27H32O4/c28-25(21-11-3-1-4-12-21)30-19-27(23-15-7-8-16-23,24-17-9-10-18-24)20-31-26(29)22-13-5-2-6-14-22/h1-6,11-14,23-24H,7-10,15-20H2. The average Bonchev–Trinajstić information content (AvgIpc) is 3.55. The van der Waals surface area contributed by atoms with E-state index in [0.29, 0.717) is 36.2 Å². The van der Waals surface area contributed by atoms with Gasteiger partial charge >= 0.3 is 11.9 Å². The van der Waals surface area contributed by atoms with Crippen LogP contribution in [0.15, 0.2) is 60.7 Å². The molecule has 0 bridgehead atoms. The smallest absolute Gasteiger partial charge is 0.338 e. The largest absolute Gasteiger partial charge is 0.461 e. The molecular weight excluding hydrogens is 388 g/mol. The van der Waals surface area contributed by atoms with Crippen molar-refractivity contribution in [3.63, 3.8) is 0 Å². The second-order valence-corrected chi connectivity index (χ2v) is 9.08. The third kappa shape index (κ3) is 5.00. The Labute approximate surface area is 185 Å². The highest BCUT2D eigenvalue weighted by Gasteiger charge is 2.49. The summed E-state index contributed by atoms with van der Waals surface area (Å²) in [6.45, 7) is 0.635. The molecule has 2 aromatic rings. The summed E-state index contributed by atoms with van der Waals surface area (Å²) >= 11 is 0. The SMILES string of the molecule is O=C(OCC(COC(=O)c1ccccc1)(C1CCCC1)C1CCCC1)c1ccccc1. The van der Waals surface area contributed by atoms with Crippen LogP contribution >= 0.6 is 0 Å². The molecule has 0 aliphatic heterocycles. The molecule has 0 atom stereocenters. The van der Waals surface area contributed by atoms with Crippen LogP contribution in [0.25, 0.3) is 0 Å². The summed E-state index contributed by atoms with van der Waals surface area (Å²) in [6.07, 6.45) is 9.22. The van der Waals surface area contributed by atoms with E-state index >= 15 is 0 Å². The predicted octanol–water partition coefficient (Wildman–Crippen LogP) is 6.07. The Kier molecular flexibility index (Phi) is 7.06. The van der Waals surface area contributed by atoms with Crippen LogP contribution in [0.4, 0.5) is 0 Å². The third-order valence-electron chi connectivity index (χ3n) is 7.30. The first kappa shape index (κ1) is 21.6. The fourth-order valence-corrected chi connectivity index (χ4v) is 5.56.